The van der Waals surface area contributed by atoms with Gasteiger partial charge in [0.05, 0.1) is 6.10 Å². The Morgan fingerprint density at radius 1 is 1.22 bits per heavy atom. The summed E-state index contributed by atoms with van der Waals surface area (Å²) < 4.78 is 0. The first-order valence-electron chi connectivity index (χ1n) is 8.16. The highest BCUT2D eigenvalue weighted by Crippen LogP contribution is 2.21. The molecular weight excluding hydrogens is 290 g/mol. The second-order valence-corrected chi connectivity index (χ2v) is 7.24. The number of aryl methyl sites for hydroxylation is 2. The Labute approximate surface area is 139 Å². The molecule has 4 nitrogen and oxygen atoms in total. The maximum absolute atomic E-state index is 12.3. The lowest BCUT2D eigenvalue weighted by atomic mass is 9.87. The number of rotatable bonds is 8. The van der Waals surface area contributed by atoms with Crippen LogP contribution in [0.3, 0.4) is 0 Å². The summed E-state index contributed by atoms with van der Waals surface area (Å²) in [5, 5.41) is 12.3. The molecule has 0 saturated heterocycles. The van der Waals surface area contributed by atoms with Crippen molar-refractivity contribution >= 4 is 11.7 Å². The van der Waals surface area contributed by atoms with Crippen molar-refractivity contribution in [3.8, 4) is 0 Å². The van der Waals surface area contributed by atoms with Crippen LogP contribution < -0.4 is 5.32 Å². The maximum Gasteiger partial charge on any atom is 0.220 e. The highest BCUT2D eigenvalue weighted by molar-refractivity contribution is 5.99. The molecule has 0 spiro atoms. The van der Waals surface area contributed by atoms with Crippen LogP contribution in [0.15, 0.2) is 18.2 Å². The number of hydrogen-bond donors (Lipinski definition) is 2. The SMILES string of the molecule is Cc1ccc(C)c(C(=O)CCC(=O)NCC(C)(C)CC(C)O)c1. The zero-order chi connectivity index (χ0) is 17.6. The number of ketones is 1. The Kier molecular flexibility index (Phi) is 6.95. The monoisotopic (exact) mass is 319 g/mol. The van der Waals surface area contributed by atoms with E-state index in [9.17, 15) is 14.7 Å². The quantitative estimate of drug-likeness (QED) is 0.723. The molecule has 1 atom stereocenters. The molecule has 128 valence electrons. The summed E-state index contributed by atoms with van der Waals surface area (Å²) in [6.07, 6.45) is 0.631. The summed E-state index contributed by atoms with van der Waals surface area (Å²) in [6, 6.07) is 5.78. The molecule has 0 bridgehead atoms. The van der Waals surface area contributed by atoms with Crippen LogP contribution in [0.5, 0.6) is 0 Å². The van der Waals surface area contributed by atoms with Crippen LogP contribution in [-0.4, -0.2) is 29.4 Å². The van der Waals surface area contributed by atoms with Crippen molar-refractivity contribution in [1.82, 2.24) is 5.32 Å². The molecule has 4 heteroatoms. The second-order valence-electron chi connectivity index (χ2n) is 7.24. The van der Waals surface area contributed by atoms with Gasteiger partial charge in [0.25, 0.3) is 0 Å². The lowest BCUT2D eigenvalue weighted by molar-refractivity contribution is -0.121. The fraction of sp³-hybridized carbons (Fsp3) is 0.579. The molecule has 2 N–H and O–H groups in total. The molecule has 1 amide bonds. The summed E-state index contributed by atoms with van der Waals surface area (Å²) in [5.41, 5.74) is 2.52. The van der Waals surface area contributed by atoms with Crippen LogP contribution in [0, 0.1) is 19.3 Å². The number of aliphatic hydroxyl groups excluding tert-OH is 1. The normalized spacial score (nSPS) is 12.8. The Morgan fingerprint density at radius 3 is 2.48 bits per heavy atom. The number of nitrogens with one attached hydrogen (secondary N) is 1. The van der Waals surface area contributed by atoms with E-state index in [0.29, 0.717) is 18.5 Å². The highest BCUT2D eigenvalue weighted by atomic mass is 16.3. The van der Waals surface area contributed by atoms with Gasteiger partial charge in [-0.25, -0.2) is 0 Å². The molecule has 0 saturated carbocycles. The van der Waals surface area contributed by atoms with E-state index >= 15 is 0 Å². The summed E-state index contributed by atoms with van der Waals surface area (Å²) in [5.74, 6) is -0.119. The van der Waals surface area contributed by atoms with Gasteiger partial charge in [0.2, 0.25) is 5.91 Å². The molecule has 0 aliphatic heterocycles. The zero-order valence-corrected chi connectivity index (χ0v) is 14.9. The van der Waals surface area contributed by atoms with Gasteiger partial charge in [0.1, 0.15) is 0 Å². The van der Waals surface area contributed by atoms with Gasteiger partial charge in [-0.15, -0.1) is 0 Å². The fourth-order valence-corrected chi connectivity index (χ4v) is 2.70. The van der Waals surface area contributed by atoms with Crippen molar-refractivity contribution < 1.29 is 14.7 Å². The van der Waals surface area contributed by atoms with E-state index in [4.69, 9.17) is 0 Å². The third kappa shape index (κ3) is 6.95. The minimum atomic E-state index is -0.396. The first kappa shape index (κ1) is 19.4. The summed E-state index contributed by atoms with van der Waals surface area (Å²) in [7, 11) is 0. The van der Waals surface area contributed by atoms with Crippen LogP contribution in [0.25, 0.3) is 0 Å². The number of amides is 1. The Morgan fingerprint density at radius 2 is 1.87 bits per heavy atom. The van der Waals surface area contributed by atoms with Crippen molar-refractivity contribution in [3.05, 3.63) is 34.9 Å². The molecule has 0 aromatic heterocycles. The number of benzene rings is 1. The van der Waals surface area contributed by atoms with Crippen molar-refractivity contribution in [2.75, 3.05) is 6.54 Å². The van der Waals surface area contributed by atoms with Gasteiger partial charge in [-0.1, -0.05) is 31.5 Å². The number of aliphatic hydroxyl groups is 1. The predicted molar refractivity (Wildman–Crippen MR) is 92.6 cm³/mol. The van der Waals surface area contributed by atoms with Gasteiger partial charge < -0.3 is 10.4 Å². The average Bonchev–Trinajstić information content (AvgIpc) is 2.44. The van der Waals surface area contributed by atoms with E-state index in [-0.39, 0.29) is 29.9 Å². The molecule has 1 aromatic carbocycles. The molecule has 0 radical (unpaired) electrons. The first-order valence-corrected chi connectivity index (χ1v) is 8.16. The van der Waals surface area contributed by atoms with E-state index in [2.05, 4.69) is 5.32 Å². The molecule has 0 fully saturated rings. The zero-order valence-electron chi connectivity index (χ0n) is 14.9. The maximum atomic E-state index is 12.3. The van der Waals surface area contributed by atoms with Crippen LogP contribution >= 0.6 is 0 Å². The Balaban J connectivity index is 2.47. The fourth-order valence-electron chi connectivity index (χ4n) is 2.70. The molecule has 1 aromatic rings. The van der Waals surface area contributed by atoms with Gasteiger partial charge in [-0.05, 0) is 44.2 Å². The standard InChI is InChI=1S/C19H29NO3/c1-13-6-7-14(2)16(10-13)17(22)8-9-18(23)20-12-19(4,5)11-15(3)21/h6-7,10,15,21H,8-9,11-12H2,1-5H3,(H,20,23). The van der Waals surface area contributed by atoms with Crippen molar-refractivity contribution in [2.45, 2.75) is 60.0 Å². The molecule has 23 heavy (non-hydrogen) atoms. The molecule has 1 unspecified atom stereocenters. The van der Waals surface area contributed by atoms with Gasteiger partial charge in [0.15, 0.2) is 5.78 Å². The molecule has 0 aliphatic rings. The summed E-state index contributed by atoms with van der Waals surface area (Å²) >= 11 is 0. The number of Topliss-reactive ketones (excluding diaryl/α,β-unsaturated/α-hetero) is 1. The van der Waals surface area contributed by atoms with Gasteiger partial charge in [0, 0.05) is 24.9 Å². The summed E-state index contributed by atoms with van der Waals surface area (Å²) in [6.45, 7) is 10.1. The van der Waals surface area contributed by atoms with Gasteiger partial charge in [-0.2, -0.15) is 0 Å². The number of carbonyl (C=O) groups is 2. The van der Waals surface area contributed by atoms with E-state index in [1.807, 2.05) is 45.9 Å². The molecule has 0 heterocycles. The number of hydrogen-bond acceptors (Lipinski definition) is 3. The van der Waals surface area contributed by atoms with Gasteiger partial charge in [-0.3, -0.25) is 9.59 Å². The largest absolute Gasteiger partial charge is 0.393 e. The van der Waals surface area contributed by atoms with E-state index in [1.54, 1.807) is 6.92 Å². The van der Waals surface area contributed by atoms with E-state index in [1.165, 1.54) is 0 Å². The minimum absolute atomic E-state index is 0.00425. The topological polar surface area (TPSA) is 66.4 Å². The Hall–Kier alpha value is -1.68. The predicted octanol–water partition coefficient (Wildman–Crippen LogP) is 3.18. The second kappa shape index (κ2) is 8.25. The smallest absolute Gasteiger partial charge is 0.220 e. The van der Waals surface area contributed by atoms with Crippen molar-refractivity contribution in [2.24, 2.45) is 5.41 Å². The molecule has 1 rings (SSSR count). The Bertz CT molecular complexity index is 562. The first-order chi connectivity index (χ1) is 10.6. The minimum Gasteiger partial charge on any atom is -0.393 e. The third-order valence-corrected chi connectivity index (χ3v) is 3.88. The van der Waals surface area contributed by atoms with E-state index < -0.39 is 6.10 Å². The summed E-state index contributed by atoms with van der Waals surface area (Å²) in [4.78, 5) is 24.2. The lowest BCUT2D eigenvalue weighted by Gasteiger charge is -2.26. The van der Waals surface area contributed by atoms with Crippen LogP contribution in [0.2, 0.25) is 0 Å². The lowest BCUT2D eigenvalue weighted by Crippen LogP contribution is -2.35. The number of carbonyl (C=O) groups excluding carboxylic acids is 2. The van der Waals surface area contributed by atoms with E-state index in [0.717, 1.165) is 11.1 Å². The highest BCUT2D eigenvalue weighted by Gasteiger charge is 2.21. The molecule has 0 aliphatic carbocycles. The molecular formula is C19H29NO3. The van der Waals surface area contributed by atoms with Crippen molar-refractivity contribution in [3.63, 3.8) is 0 Å². The van der Waals surface area contributed by atoms with Crippen LogP contribution in [0.1, 0.15) is 61.5 Å². The van der Waals surface area contributed by atoms with Crippen molar-refractivity contribution in [1.29, 1.82) is 0 Å². The van der Waals surface area contributed by atoms with Crippen LogP contribution in [0.4, 0.5) is 0 Å². The van der Waals surface area contributed by atoms with Gasteiger partial charge >= 0.3 is 0 Å². The van der Waals surface area contributed by atoms with Crippen LogP contribution in [-0.2, 0) is 4.79 Å². The average molecular weight is 319 g/mol. The third-order valence-electron chi connectivity index (χ3n) is 3.88.